The maximum atomic E-state index is 14.2. The van der Waals surface area contributed by atoms with E-state index in [0.717, 1.165) is 0 Å². The van der Waals surface area contributed by atoms with Gasteiger partial charge in [0.05, 0.1) is 10.1 Å². The van der Waals surface area contributed by atoms with Crippen LogP contribution in [0.1, 0.15) is 34.6 Å². The fourth-order valence-corrected chi connectivity index (χ4v) is 3.17. The Morgan fingerprint density at radius 2 is 1.67 bits per heavy atom. The van der Waals surface area contributed by atoms with Gasteiger partial charge in [-0.25, -0.2) is 12.8 Å². The zero-order valence-corrected chi connectivity index (χ0v) is 16.9. The maximum Gasteiger partial charge on any atom is 0.229 e. The summed E-state index contributed by atoms with van der Waals surface area (Å²) in [6.07, 6.45) is 0. The van der Waals surface area contributed by atoms with Gasteiger partial charge in [-0.2, -0.15) is 0 Å². The van der Waals surface area contributed by atoms with Gasteiger partial charge in [-0.15, -0.1) is 0 Å². The number of ether oxygens (including phenoxy) is 1. The summed E-state index contributed by atoms with van der Waals surface area (Å²) < 4.78 is 44.3. The van der Waals surface area contributed by atoms with E-state index in [-0.39, 0.29) is 22.2 Å². The third-order valence-electron chi connectivity index (χ3n) is 3.90. The first kappa shape index (κ1) is 20.9. The summed E-state index contributed by atoms with van der Waals surface area (Å²) in [5, 5.41) is 2.02. The average Bonchev–Trinajstić information content (AvgIpc) is 2.57. The number of hydrogen-bond donors (Lipinski definition) is 1. The number of anilines is 1. The van der Waals surface area contributed by atoms with Crippen LogP contribution in [0, 0.1) is 11.2 Å². The minimum absolute atomic E-state index is 0.0590. The van der Waals surface area contributed by atoms with Crippen molar-refractivity contribution >= 4 is 21.4 Å². The van der Waals surface area contributed by atoms with Crippen molar-refractivity contribution in [2.24, 2.45) is 5.41 Å². The second kappa shape index (κ2) is 7.68. The van der Waals surface area contributed by atoms with Crippen molar-refractivity contribution in [1.82, 2.24) is 0 Å². The lowest BCUT2D eigenvalue weighted by atomic mass is 9.95. The quantitative estimate of drug-likeness (QED) is 0.793. The molecule has 0 aromatic heterocycles. The van der Waals surface area contributed by atoms with Crippen LogP contribution < -0.4 is 10.1 Å². The highest BCUT2D eigenvalue weighted by Crippen LogP contribution is 2.33. The molecule has 0 radical (unpaired) electrons. The van der Waals surface area contributed by atoms with Crippen molar-refractivity contribution in [2.75, 3.05) is 5.32 Å². The fourth-order valence-electron chi connectivity index (χ4n) is 2.11. The fraction of sp³-hybridized carbons (Fsp3) is 0.350. The summed E-state index contributed by atoms with van der Waals surface area (Å²) in [5.41, 5.74) is -0.761. The molecular formula is C20H24FNO4S. The molecule has 27 heavy (non-hydrogen) atoms. The minimum atomic E-state index is -3.39. The first-order valence-electron chi connectivity index (χ1n) is 8.54. The molecule has 0 fully saturated rings. The number of hydrogen-bond acceptors (Lipinski definition) is 4. The Bertz CT molecular complexity index is 929. The monoisotopic (exact) mass is 393 g/mol. The lowest BCUT2D eigenvalue weighted by Gasteiger charge is -2.20. The second-order valence-corrected chi connectivity index (χ2v) is 9.99. The van der Waals surface area contributed by atoms with Crippen LogP contribution in [0.15, 0.2) is 47.4 Å². The summed E-state index contributed by atoms with van der Waals surface area (Å²) in [6.45, 7) is 8.38. The lowest BCUT2D eigenvalue weighted by Crippen LogP contribution is -2.28. The van der Waals surface area contributed by atoms with Gasteiger partial charge in [0.1, 0.15) is 11.4 Å². The van der Waals surface area contributed by atoms with Crippen LogP contribution in [0.4, 0.5) is 10.1 Å². The highest BCUT2D eigenvalue weighted by molar-refractivity contribution is 7.92. The Morgan fingerprint density at radius 1 is 1.07 bits per heavy atom. The second-order valence-electron chi connectivity index (χ2n) is 7.48. The van der Waals surface area contributed by atoms with Crippen LogP contribution in [0.3, 0.4) is 0 Å². The zero-order valence-electron chi connectivity index (χ0n) is 16.0. The summed E-state index contributed by atoms with van der Waals surface area (Å²) in [6, 6.07) is 10.1. The number of carbonyl (C=O) groups excluding carboxylic acids is 1. The topological polar surface area (TPSA) is 72.5 Å². The van der Waals surface area contributed by atoms with Gasteiger partial charge in [-0.3, -0.25) is 4.79 Å². The predicted molar refractivity (Wildman–Crippen MR) is 103 cm³/mol. The number of carbonyl (C=O) groups is 1. The molecule has 0 aliphatic heterocycles. The normalized spacial score (nSPS) is 12.1. The maximum absolute atomic E-state index is 14.2. The largest absolute Gasteiger partial charge is 0.455 e. The van der Waals surface area contributed by atoms with Gasteiger partial charge in [0.15, 0.2) is 21.4 Å². The van der Waals surface area contributed by atoms with Gasteiger partial charge in [-0.05, 0) is 50.2 Å². The van der Waals surface area contributed by atoms with Crippen LogP contribution >= 0.6 is 0 Å². The highest BCUT2D eigenvalue weighted by Gasteiger charge is 2.24. The van der Waals surface area contributed by atoms with Crippen LogP contribution in [0.5, 0.6) is 11.5 Å². The first-order chi connectivity index (χ1) is 12.4. The van der Waals surface area contributed by atoms with Crippen molar-refractivity contribution in [3.8, 4) is 11.5 Å². The summed E-state index contributed by atoms with van der Waals surface area (Å²) in [7, 11) is -3.39. The zero-order chi connectivity index (χ0) is 20.4. The molecule has 0 atom stereocenters. The van der Waals surface area contributed by atoms with Gasteiger partial charge in [0, 0.05) is 5.41 Å². The van der Waals surface area contributed by atoms with Gasteiger partial charge >= 0.3 is 0 Å². The van der Waals surface area contributed by atoms with Crippen LogP contribution in [-0.4, -0.2) is 19.6 Å². The Morgan fingerprint density at radius 3 is 2.19 bits per heavy atom. The molecule has 0 spiro atoms. The number of nitrogens with one attached hydrogen (secondary N) is 1. The van der Waals surface area contributed by atoms with Crippen molar-refractivity contribution in [2.45, 2.75) is 44.8 Å². The number of para-hydroxylation sites is 1. The Labute approximate surface area is 159 Å². The highest BCUT2D eigenvalue weighted by atomic mass is 32.2. The van der Waals surface area contributed by atoms with E-state index in [2.05, 4.69) is 5.32 Å². The molecule has 2 aromatic carbocycles. The molecule has 1 N–H and O–H groups in total. The molecule has 7 heteroatoms. The van der Waals surface area contributed by atoms with Crippen LogP contribution in [0.2, 0.25) is 0 Å². The first-order valence-corrected chi connectivity index (χ1v) is 10.1. The number of sulfone groups is 1. The molecule has 0 saturated carbocycles. The standard InChI is InChI=1S/C20H24FNO4S/c1-13(2)27(24,25)15-11-9-14(10-12-15)26-17-8-6-7-16(21)18(17)22-19(23)20(3,4)5/h6-13H,1-5H3,(H,22,23). The van der Waals surface area contributed by atoms with E-state index in [0.29, 0.717) is 5.75 Å². The van der Waals surface area contributed by atoms with Gasteiger partial charge in [0.25, 0.3) is 0 Å². The molecule has 0 saturated heterocycles. The van der Waals surface area contributed by atoms with E-state index in [9.17, 15) is 17.6 Å². The van der Waals surface area contributed by atoms with E-state index in [1.807, 2.05) is 0 Å². The molecule has 2 rings (SSSR count). The summed E-state index contributed by atoms with van der Waals surface area (Å²) >= 11 is 0. The molecule has 5 nitrogen and oxygen atoms in total. The molecule has 0 aliphatic carbocycles. The molecular weight excluding hydrogens is 369 g/mol. The van der Waals surface area contributed by atoms with Gasteiger partial charge < -0.3 is 10.1 Å². The van der Waals surface area contributed by atoms with Crippen molar-refractivity contribution < 1.29 is 22.3 Å². The van der Waals surface area contributed by atoms with E-state index in [1.54, 1.807) is 34.6 Å². The SMILES string of the molecule is CC(C)S(=O)(=O)c1ccc(Oc2cccc(F)c2NC(=O)C(C)(C)C)cc1. The molecule has 2 aromatic rings. The number of amides is 1. The van der Waals surface area contributed by atoms with Crippen molar-refractivity contribution in [3.05, 3.63) is 48.3 Å². The summed E-state index contributed by atoms with van der Waals surface area (Å²) in [4.78, 5) is 12.4. The number of rotatable bonds is 5. The van der Waals surface area contributed by atoms with E-state index >= 15 is 0 Å². The third kappa shape index (κ3) is 4.86. The Hall–Kier alpha value is -2.41. The Balaban J connectivity index is 2.31. The van der Waals surface area contributed by atoms with Gasteiger partial charge in [-0.1, -0.05) is 26.8 Å². The molecule has 146 valence electrons. The number of benzene rings is 2. The van der Waals surface area contributed by atoms with Crippen molar-refractivity contribution in [3.63, 3.8) is 0 Å². The summed E-state index contributed by atoms with van der Waals surface area (Å²) in [5.74, 6) is -0.512. The van der Waals surface area contributed by atoms with Crippen LogP contribution in [0.25, 0.3) is 0 Å². The predicted octanol–water partition coefficient (Wildman–Crippen LogP) is 4.78. The Kier molecular flexibility index (Phi) is 5.94. The average molecular weight is 393 g/mol. The van der Waals surface area contributed by atoms with E-state index < -0.39 is 26.3 Å². The molecule has 0 unspecified atom stereocenters. The van der Waals surface area contributed by atoms with E-state index in [1.165, 1.54) is 42.5 Å². The van der Waals surface area contributed by atoms with Gasteiger partial charge in [0.2, 0.25) is 5.91 Å². The third-order valence-corrected chi connectivity index (χ3v) is 6.07. The smallest absolute Gasteiger partial charge is 0.229 e. The lowest BCUT2D eigenvalue weighted by molar-refractivity contribution is -0.123. The van der Waals surface area contributed by atoms with Crippen molar-refractivity contribution in [1.29, 1.82) is 0 Å². The van der Waals surface area contributed by atoms with E-state index in [4.69, 9.17) is 4.74 Å². The number of halogens is 1. The van der Waals surface area contributed by atoms with Crippen LogP contribution in [-0.2, 0) is 14.6 Å². The molecule has 0 bridgehead atoms. The molecule has 0 heterocycles. The molecule has 0 aliphatic rings. The molecule has 1 amide bonds. The minimum Gasteiger partial charge on any atom is -0.455 e.